The topological polar surface area (TPSA) is 40.5 Å². The van der Waals surface area contributed by atoms with E-state index in [1.165, 1.54) is 17.3 Å². The van der Waals surface area contributed by atoms with Crippen LogP contribution in [0.4, 0.5) is 0 Å². The minimum absolute atomic E-state index is 0.0657. The summed E-state index contributed by atoms with van der Waals surface area (Å²) in [6.07, 6.45) is 0.954. The number of aliphatic hydroxyl groups is 1. The van der Waals surface area contributed by atoms with Crippen molar-refractivity contribution in [2.75, 3.05) is 12.4 Å². The van der Waals surface area contributed by atoms with E-state index in [2.05, 4.69) is 33.8 Å². The second kappa shape index (κ2) is 5.78. The maximum Gasteiger partial charge on any atom is 0.132 e. The van der Waals surface area contributed by atoms with E-state index in [1.807, 2.05) is 6.07 Å². The third-order valence-corrected chi connectivity index (χ3v) is 3.71. The van der Waals surface area contributed by atoms with Gasteiger partial charge < -0.3 is 10.2 Å². The Bertz CT molecular complexity index is 381. The van der Waals surface area contributed by atoms with Crippen LogP contribution >= 0.6 is 11.8 Å². The van der Waals surface area contributed by atoms with E-state index in [1.54, 1.807) is 0 Å². The molecule has 0 bridgehead atoms. The third-order valence-electron chi connectivity index (χ3n) is 2.70. The van der Waals surface area contributed by atoms with E-state index in [0.29, 0.717) is 11.5 Å². The molecule has 17 heavy (non-hydrogen) atoms. The average Bonchev–Trinajstić information content (AvgIpc) is 2.26. The Balaban J connectivity index is 3.21. The summed E-state index contributed by atoms with van der Waals surface area (Å²) in [7, 11) is 0. The Labute approximate surface area is 108 Å². The average molecular weight is 254 g/mol. The zero-order valence-electron chi connectivity index (χ0n) is 11.1. The monoisotopic (exact) mass is 254 g/mol. The second-order valence-electron chi connectivity index (χ2n) is 5.17. The van der Waals surface area contributed by atoms with Crippen LogP contribution in [0.1, 0.15) is 38.8 Å². The van der Waals surface area contributed by atoms with Gasteiger partial charge in [0.2, 0.25) is 0 Å². The molecule has 0 heterocycles. The lowest BCUT2D eigenvalue weighted by molar-refractivity contribution is 0.322. The van der Waals surface area contributed by atoms with Gasteiger partial charge in [0, 0.05) is 16.2 Å². The molecule has 0 aliphatic carbocycles. The molecule has 0 radical (unpaired) electrons. The smallest absolute Gasteiger partial charge is 0.132 e. The van der Waals surface area contributed by atoms with Crippen LogP contribution in [0, 0.1) is 0 Å². The number of phenols is 1. The van der Waals surface area contributed by atoms with E-state index >= 15 is 0 Å². The zero-order valence-corrected chi connectivity index (χ0v) is 11.9. The SMILES string of the molecule is CCc1cc(SCCO)c(O)c(C(C)(C)C)c1. The number of aromatic hydroxyl groups is 1. The van der Waals surface area contributed by atoms with Crippen molar-refractivity contribution >= 4 is 11.8 Å². The molecule has 0 atom stereocenters. The molecular formula is C14H22O2S. The molecule has 1 aromatic carbocycles. The summed E-state index contributed by atoms with van der Waals surface area (Å²) >= 11 is 1.51. The molecular weight excluding hydrogens is 232 g/mol. The maximum absolute atomic E-state index is 10.3. The molecule has 96 valence electrons. The fourth-order valence-corrected chi connectivity index (χ4v) is 2.50. The highest BCUT2D eigenvalue weighted by Gasteiger charge is 2.21. The molecule has 0 aliphatic heterocycles. The number of thioether (sulfide) groups is 1. The highest BCUT2D eigenvalue weighted by molar-refractivity contribution is 7.99. The molecule has 1 rings (SSSR count). The molecule has 0 saturated carbocycles. The fraction of sp³-hybridized carbons (Fsp3) is 0.571. The molecule has 0 aliphatic rings. The maximum atomic E-state index is 10.3. The van der Waals surface area contributed by atoms with E-state index in [0.717, 1.165) is 16.9 Å². The first-order chi connectivity index (χ1) is 7.90. The third kappa shape index (κ3) is 3.65. The Hall–Kier alpha value is -0.670. The predicted octanol–water partition coefficient (Wildman–Crippen LogP) is 3.34. The zero-order chi connectivity index (χ0) is 13.1. The number of benzene rings is 1. The highest BCUT2D eigenvalue weighted by atomic mass is 32.2. The summed E-state index contributed by atoms with van der Waals surface area (Å²) in [6, 6.07) is 4.10. The Morgan fingerprint density at radius 2 is 1.88 bits per heavy atom. The van der Waals surface area contributed by atoms with Crippen LogP contribution in [0.2, 0.25) is 0 Å². The summed E-state index contributed by atoms with van der Waals surface area (Å²) in [5, 5.41) is 19.1. The van der Waals surface area contributed by atoms with Crippen molar-refractivity contribution in [3.05, 3.63) is 23.3 Å². The van der Waals surface area contributed by atoms with Crippen LogP contribution in [0.15, 0.2) is 17.0 Å². The molecule has 0 spiro atoms. The van der Waals surface area contributed by atoms with Crippen molar-refractivity contribution in [3.8, 4) is 5.75 Å². The van der Waals surface area contributed by atoms with Gasteiger partial charge in [-0.05, 0) is 23.5 Å². The first kappa shape index (κ1) is 14.4. The molecule has 3 heteroatoms. The summed E-state index contributed by atoms with van der Waals surface area (Å²) in [6.45, 7) is 8.54. The first-order valence-corrected chi connectivity index (χ1v) is 6.98. The van der Waals surface area contributed by atoms with Gasteiger partial charge in [0.1, 0.15) is 5.75 Å². The standard InChI is InChI=1S/C14H22O2S/c1-5-10-8-11(14(2,3)4)13(16)12(9-10)17-7-6-15/h8-9,15-16H,5-7H2,1-4H3. The molecule has 0 saturated heterocycles. The van der Waals surface area contributed by atoms with Gasteiger partial charge in [0.25, 0.3) is 0 Å². The van der Waals surface area contributed by atoms with Crippen LogP contribution < -0.4 is 0 Å². The number of hydrogen-bond donors (Lipinski definition) is 2. The molecule has 0 aromatic heterocycles. The van der Waals surface area contributed by atoms with Crippen molar-refractivity contribution in [2.45, 2.75) is 44.4 Å². The lowest BCUT2D eigenvalue weighted by Crippen LogP contribution is -2.12. The van der Waals surface area contributed by atoms with Gasteiger partial charge in [-0.2, -0.15) is 0 Å². The van der Waals surface area contributed by atoms with Crippen LogP contribution in [0.5, 0.6) is 5.75 Å². The molecule has 0 amide bonds. The lowest BCUT2D eigenvalue weighted by atomic mass is 9.85. The number of rotatable bonds is 4. The van der Waals surface area contributed by atoms with E-state index in [-0.39, 0.29) is 12.0 Å². The first-order valence-electron chi connectivity index (χ1n) is 6.00. The molecule has 2 N–H and O–H groups in total. The predicted molar refractivity (Wildman–Crippen MR) is 74.0 cm³/mol. The van der Waals surface area contributed by atoms with Crippen molar-refractivity contribution in [2.24, 2.45) is 0 Å². The fourth-order valence-electron chi connectivity index (χ4n) is 1.71. The van der Waals surface area contributed by atoms with Crippen LogP contribution in [-0.2, 0) is 11.8 Å². The van der Waals surface area contributed by atoms with Gasteiger partial charge in [-0.3, -0.25) is 0 Å². The number of hydrogen-bond acceptors (Lipinski definition) is 3. The highest BCUT2D eigenvalue weighted by Crippen LogP contribution is 2.39. The molecule has 1 aromatic rings. The Morgan fingerprint density at radius 1 is 1.24 bits per heavy atom. The van der Waals surface area contributed by atoms with Gasteiger partial charge in [-0.15, -0.1) is 11.8 Å². The van der Waals surface area contributed by atoms with E-state index in [9.17, 15) is 5.11 Å². The van der Waals surface area contributed by atoms with Gasteiger partial charge in [0.05, 0.1) is 6.61 Å². The Kier molecular flexibility index (Phi) is 4.90. The summed E-state index contributed by atoms with van der Waals surface area (Å²) in [4.78, 5) is 0.878. The number of aryl methyl sites for hydroxylation is 1. The Morgan fingerprint density at radius 3 is 2.35 bits per heavy atom. The normalized spacial score (nSPS) is 11.8. The quantitative estimate of drug-likeness (QED) is 0.810. The largest absolute Gasteiger partial charge is 0.506 e. The summed E-state index contributed by atoms with van der Waals surface area (Å²) < 4.78 is 0. The van der Waals surface area contributed by atoms with Crippen LogP contribution in [-0.4, -0.2) is 22.6 Å². The second-order valence-corrected chi connectivity index (χ2v) is 6.30. The minimum atomic E-state index is -0.0657. The summed E-state index contributed by atoms with van der Waals surface area (Å²) in [5.74, 6) is 0.984. The van der Waals surface area contributed by atoms with Gasteiger partial charge >= 0.3 is 0 Å². The molecule has 0 unspecified atom stereocenters. The van der Waals surface area contributed by atoms with Crippen LogP contribution in [0.25, 0.3) is 0 Å². The van der Waals surface area contributed by atoms with Crippen molar-refractivity contribution in [1.29, 1.82) is 0 Å². The van der Waals surface area contributed by atoms with Crippen molar-refractivity contribution in [3.63, 3.8) is 0 Å². The van der Waals surface area contributed by atoms with Crippen molar-refractivity contribution < 1.29 is 10.2 Å². The van der Waals surface area contributed by atoms with Crippen molar-refractivity contribution in [1.82, 2.24) is 0 Å². The summed E-state index contributed by atoms with van der Waals surface area (Å²) in [5.41, 5.74) is 2.15. The van der Waals surface area contributed by atoms with E-state index in [4.69, 9.17) is 5.11 Å². The number of aliphatic hydroxyl groups excluding tert-OH is 1. The van der Waals surface area contributed by atoms with Crippen LogP contribution in [0.3, 0.4) is 0 Å². The molecule has 0 fully saturated rings. The van der Waals surface area contributed by atoms with E-state index < -0.39 is 0 Å². The minimum Gasteiger partial charge on any atom is -0.506 e. The lowest BCUT2D eigenvalue weighted by Gasteiger charge is -2.23. The molecule has 2 nitrogen and oxygen atoms in total. The van der Waals surface area contributed by atoms with Gasteiger partial charge in [0.15, 0.2) is 0 Å². The van der Waals surface area contributed by atoms with Gasteiger partial charge in [-0.1, -0.05) is 33.8 Å². The van der Waals surface area contributed by atoms with Gasteiger partial charge in [-0.25, -0.2) is 0 Å². The number of phenolic OH excluding ortho intramolecular Hbond substituents is 1.